The van der Waals surface area contributed by atoms with Gasteiger partial charge in [0.05, 0.1) is 34.8 Å². The van der Waals surface area contributed by atoms with E-state index in [0.29, 0.717) is 11.6 Å². The summed E-state index contributed by atoms with van der Waals surface area (Å²) in [6, 6.07) is 9.51. The summed E-state index contributed by atoms with van der Waals surface area (Å²) in [7, 11) is 0. The maximum atomic E-state index is 6.32. The zero-order chi connectivity index (χ0) is 16.2. The summed E-state index contributed by atoms with van der Waals surface area (Å²) in [6.45, 7) is 4.82. The van der Waals surface area contributed by atoms with Gasteiger partial charge in [-0.15, -0.1) is 0 Å². The number of rotatable bonds is 5. The quantitative estimate of drug-likeness (QED) is 0.768. The Hall–Kier alpha value is -2.40. The molecule has 23 heavy (non-hydrogen) atoms. The van der Waals surface area contributed by atoms with Crippen molar-refractivity contribution < 1.29 is 0 Å². The molecule has 0 amide bonds. The number of hydrogen-bond donors (Lipinski definition) is 1. The largest absolute Gasteiger partial charge is 0.375 e. The van der Waals surface area contributed by atoms with Crippen LogP contribution >= 0.6 is 11.6 Å². The van der Waals surface area contributed by atoms with E-state index in [1.54, 1.807) is 18.5 Å². The third-order valence-electron chi connectivity index (χ3n) is 3.49. The molecule has 2 heterocycles. The average Bonchev–Trinajstić information content (AvgIpc) is 2.98. The van der Waals surface area contributed by atoms with Crippen LogP contribution in [0.25, 0.3) is 5.69 Å². The molecule has 3 aromatic rings. The van der Waals surface area contributed by atoms with E-state index in [1.807, 2.05) is 35.1 Å². The maximum Gasteiger partial charge on any atom is 0.147 e. The minimum atomic E-state index is 0.285. The number of benzene rings is 1. The van der Waals surface area contributed by atoms with Crippen molar-refractivity contribution >= 4 is 17.3 Å². The first kappa shape index (κ1) is 15.5. The number of aromatic nitrogens is 4. The minimum absolute atomic E-state index is 0.285. The number of halogens is 1. The highest BCUT2D eigenvalue weighted by molar-refractivity contribution is 6.32. The first-order chi connectivity index (χ1) is 11.2. The zero-order valence-electron chi connectivity index (χ0n) is 13.1. The molecule has 1 N–H and O–H groups in total. The molecule has 0 saturated heterocycles. The van der Waals surface area contributed by atoms with E-state index in [2.05, 4.69) is 34.2 Å². The van der Waals surface area contributed by atoms with Crippen LogP contribution in [0, 0.1) is 0 Å². The van der Waals surface area contributed by atoms with Gasteiger partial charge in [0, 0.05) is 12.4 Å². The standard InChI is InChI=1S/C17H18ClN5/c1-12(2)17-14(21-11-16-19-8-5-9-20-16)10-22-23(17)15-7-4-3-6-13(15)18/h3-10,12,21H,11H2,1-2H3. The predicted octanol–water partition coefficient (Wildman–Crippen LogP) is 4.05. The van der Waals surface area contributed by atoms with E-state index in [4.69, 9.17) is 11.6 Å². The fourth-order valence-electron chi connectivity index (χ4n) is 2.46. The molecular formula is C17H18ClN5. The third kappa shape index (κ3) is 3.35. The van der Waals surface area contributed by atoms with Gasteiger partial charge in [0.15, 0.2) is 0 Å². The van der Waals surface area contributed by atoms with Gasteiger partial charge in [-0.3, -0.25) is 0 Å². The van der Waals surface area contributed by atoms with E-state index in [0.717, 1.165) is 22.9 Å². The molecule has 0 saturated carbocycles. The molecule has 118 valence electrons. The molecule has 0 fully saturated rings. The molecule has 0 aliphatic carbocycles. The Morgan fingerprint density at radius 2 is 1.87 bits per heavy atom. The van der Waals surface area contributed by atoms with Crippen LogP contribution in [-0.4, -0.2) is 19.7 Å². The second-order valence-corrected chi connectivity index (χ2v) is 5.89. The highest BCUT2D eigenvalue weighted by atomic mass is 35.5. The third-order valence-corrected chi connectivity index (χ3v) is 3.81. The minimum Gasteiger partial charge on any atom is -0.375 e. The second kappa shape index (κ2) is 6.79. The molecule has 0 aliphatic heterocycles. The number of para-hydroxylation sites is 1. The van der Waals surface area contributed by atoms with E-state index in [1.165, 1.54) is 0 Å². The number of nitrogens with zero attached hydrogens (tertiary/aromatic N) is 4. The summed E-state index contributed by atoms with van der Waals surface area (Å²) in [5, 5.41) is 8.56. The lowest BCUT2D eigenvalue weighted by Crippen LogP contribution is -2.08. The van der Waals surface area contributed by atoms with Crippen molar-refractivity contribution in [2.24, 2.45) is 0 Å². The molecule has 0 atom stereocenters. The van der Waals surface area contributed by atoms with Crippen molar-refractivity contribution in [1.29, 1.82) is 0 Å². The fourth-order valence-corrected chi connectivity index (χ4v) is 2.68. The molecule has 0 aliphatic rings. The van der Waals surface area contributed by atoms with Gasteiger partial charge in [0.25, 0.3) is 0 Å². The van der Waals surface area contributed by atoms with Crippen molar-refractivity contribution in [2.45, 2.75) is 26.3 Å². The zero-order valence-corrected chi connectivity index (χ0v) is 13.8. The Morgan fingerprint density at radius 1 is 1.13 bits per heavy atom. The number of nitrogens with one attached hydrogen (secondary N) is 1. The Labute approximate surface area is 140 Å². The van der Waals surface area contributed by atoms with Crippen molar-refractivity contribution in [2.75, 3.05) is 5.32 Å². The SMILES string of the molecule is CC(C)c1c(NCc2ncccn2)cnn1-c1ccccc1Cl. The Bertz CT molecular complexity index is 783. The van der Waals surface area contributed by atoms with Gasteiger partial charge in [0.1, 0.15) is 5.82 Å². The lowest BCUT2D eigenvalue weighted by atomic mass is 10.1. The topological polar surface area (TPSA) is 55.6 Å². The smallest absolute Gasteiger partial charge is 0.147 e. The molecular weight excluding hydrogens is 310 g/mol. The first-order valence-electron chi connectivity index (χ1n) is 7.49. The number of hydrogen-bond acceptors (Lipinski definition) is 4. The monoisotopic (exact) mass is 327 g/mol. The summed E-state index contributed by atoms with van der Waals surface area (Å²) < 4.78 is 1.89. The maximum absolute atomic E-state index is 6.32. The molecule has 0 unspecified atom stereocenters. The Kier molecular flexibility index (Phi) is 4.57. The molecule has 6 heteroatoms. The van der Waals surface area contributed by atoms with E-state index in [-0.39, 0.29) is 5.92 Å². The Balaban J connectivity index is 1.92. The molecule has 1 aromatic carbocycles. The van der Waals surface area contributed by atoms with Gasteiger partial charge in [0.2, 0.25) is 0 Å². The predicted molar refractivity (Wildman–Crippen MR) is 92.0 cm³/mol. The van der Waals surface area contributed by atoms with Crippen LogP contribution in [0.1, 0.15) is 31.3 Å². The molecule has 0 spiro atoms. The van der Waals surface area contributed by atoms with Gasteiger partial charge in [-0.2, -0.15) is 5.10 Å². The number of anilines is 1. The van der Waals surface area contributed by atoms with Gasteiger partial charge >= 0.3 is 0 Å². The summed E-state index contributed by atoms with van der Waals surface area (Å²) in [6.07, 6.45) is 5.29. The molecule has 0 radical (unpaired) electrons. The van der Waals surface area contributed by atoms with Crippen molar-refractivity contribution in [3.8, 4) is 5.69 Å². The highest BCUT2D eigenvalue weighted by Crippen LogP contribution is 2.29. The van der Waals surface area contributed by atoms with Crippen LogP contribution in [0.15, 0.2) is 48.9 Å². The van der Waals surface area contributed by atoms with E-state index >= 15 is 0 Å². The average molecular weight is 328 g/mol. The summed E-state index contributed by atoms with van der Waals surface area (Å²) in [4.78, 5) is 8.45. The van der Waals surface area contributed by atoms with Crippen LogP contribution in [0.5, 0.6) is 0 Å². The van der Waals surface area contributed by atoms with Gasteiger partial charge in [-0.1, -0.05) is 37.6 Å². The molecule has 0 bridgehead atoms. The van der Waals surface area contributed by atoms with E-state index in [9.17, 15) is 0 Å². The first-order valence-corrected chi connectivity index (χ1v) is 7.87. The van der Waals surface area contributed by atoms with Gasteiger partial charge in [-0.05, 0) is 24.1 Å². The van der Waals surface area contributed by atoms with Crippen molar-refractivity contribution in [1.82, 2.24) is 19.7 Å². The highest BCUT2D eigenvalue weighted by Gasteiger charge is 2.17. The van der Waals surface area contributed by atoms with Crippen LogP contribution < -0.4 is 5.32 Å². The lowest BCUT2D eigenvalue weighted by molar-refractivity contribution is 0.734. The molecule has 3 rings (SSSR count). The van der Waals surface area contributed by atoms with Crippen molar-refractivity contribution in [3.05, 3.63) is 65.5 Å². The van der Waals surface area contributed by atoms with Crippen LogP contribution in [0.3, 0.4) is 0 Å². The summed E-state index contributed by atoms with van der Waals surface area (Å²) >= 11 is 6.32. The fraction of sp³-hybridized carbons (Fsp3) is 0.235. The van der Waals surface area contributed by atoms with E-state index < -0.39 is 0 Å². The normalized spacial score (nSPS) is 11.0. The van der Waals surface area contributed by atoms with Crippen LogP contribution in [-0.2, 0) is 6.54 Å². The summed E-state index contributed by atoms with van der Waals surface area (Å²) in [5.74, 6) is 1.03. The van der Waals surface area contributed by atoms with Crippen LogP contribution in [0.4, 0.5) is 5.69 Å². The lowest BCUT2D eigenvalue weighted by Gasteiger charge is -2.14. The van der Waals surface area contributed by atoms with Gasteiger partial charge in [-0.25, -0.2) is 14.6 Å². The Morgan fingerprint density at radius 3 is 2.57 bits per heavy atom. The molecule has 2 aromatic heterocycles. The molecule has 5 nitrogen and oxygen atoms in total. The van der Waals surface area contributed by atoms with Crippen molar-refractivity contribution in [3.63, 3.8) is 0 Å². The van der Waals surface area contributed by atoms with Gasteiger partial charge < -0.3 is 5.32 Å². The van der Waals surface area contributed by atoms with Crippen LogP contribution in [0.2, 0.25) is 5.02 Å². The second-order valence-electron chi connectivity index (χ2n) is 5.48. The summed E-state index contributed by atoms with van der Waals surface area (Å²) in [5.41, 5.74) is 2.92.